The fourth-order valence-electron chi connectivity index (χ4n) is 8.42. The number of Topliss-reactive ketones (excluding diaryl/α,β-unsaturated/α-hetero) is 1. The van der Waals surface area contributed by atoms with Crippen LogP contribution in [0, 0.1) is 34.5 Å². The van der Waals surface area contributed by atoms with E-state index in [9.17, 15) is 9.18 Å². The fourth-order valence-corrected chi connectivity index (χ4v) is 8.42. The van der Waals surface area contributed by atoms with Crippen LogP contribution in [0.4, 0.5) is 4.39 Å². The summed E-state index contributed by atoms with van der Waals surface area (Å²) in [4.78, 5) is 26.3. The molecule has 0 amide bonds. The maximum absolute atomic E-state index is 14.6. The van der Waals surface area contributed by atoms with Crippen LogP contribution in [0.2, 0.25) is 0 Å². The van der Waals surface area contributed by atoms with E-state index in [2.05, 4.69) is 22.1 Å². The highest BCUT2D eigenvalue weighted by Gasteiger charge is 2.63. The third kappa shape index (κ3) is 4.10. The molecule has 0 bridgehead atoms. The number of rotatable bonds is 5. The SMILES string of the molecule is CO/N=C1\CC2C3CC(F)C(=O)C3(C)CCC2C2(C)CC/C(=N/OCCN3CCCCC3)CC12. The van der Waals surface area contributed by atoms with Gasteiger partial charge >= 0.3 is 0 Å². The first-order chi connectivity index (χ1) is 16.4. The van der Waals surface area contributed by atoms with Gasteiger partial charge in [0.05, 0.1) is 11.4 Å². The van der Waals surface area contributed by atoms with Gasteiger partial charge in [0.1, 0.15) is 13.7 Å². The number of carbonyl (C=O) groups is 1. The van der Waals surface area contributed by atoms with Gasteiger partial charge < -0.3 is 9.68 Å². The molecule has 190 valence electrons. The predicted molar refractivity (Wildman–Crippen MR) is 131 cm³/mol. The Balaban J connectivity index is 1.29. The number of piperidine rings is 1. The Morgan fingerprint density at radius 3 is 2.65 bits per heavy atom. The number of alkyl halides is 1. The van der Waals surface area contributed by atoms with Gasteiger partial charge in [-0.1, -0.05) is 30.6 Å². The Morgan fingerprint density at radius 1 is 1.09 bits per heavy atom. The van der Waals surface area contributed by atoms with Crippen LogP contribution in [-0.4, -0.2) is 61.6 Å². The Hall–Kier alpha value is -1.50. The second kappa shape index (κ2) is 9.51. The Bertz CT molecular complexity index is 841. The maximum Gasteiger partial charge on any atom is 0.173 e. The minimum atomic E-state index is -1.30. The quantitative estimate of drug-likeness (QED) is 0.414. The number of fused-ring (bicyclic) bond motifs is 5. The molecule has 5 aliphatic rings. The molecule has 4 aliphatic carbocycles. The van der Waals surface area contributed by atoms with Crippen LogP contribution >= 0.6 is 0 Å². The first-order valence-corrected chi connectivity index (χ1v) is 13.5. The highest BCUT2D eigenvalue weighted by Crippen LogP contribution is 2.65. The van der Waals surface area contributed by atoms with Gasteiger partial charge in [-0.3, -0.25) is 9.69 Å². The average Bonchev–Trinajstić information content (AvgIpc) is 3.07. The molecule has 5 fully saturated rings. The number of likely N-dealkylation sites (tertiary alicyclic amines) is 1. The van der Waals surface area contributed by atoms with Crippen LogP contribution in [0.3, 0.4) is 0 Å². The first kappa shape index (κ1) is 24.2. The van der Waals surface area contributed by atoms with E-state index in [1.807, 2.05) is 6.92 Å². The van der Waals surface area contributed by atoms with Crippen molar-refractivity contribution in [2.75, 3.05) is 33.4 Å². The van der Waals surface area contributed by atoms with Crippen LogP contribution < -0.4 is 0 Å². The molecule has 1 heterocycles. The molecule has 34 heavy (non-hydrogen) atoms. The lowest BCUT2D eigenvalue weighted by molar-refractivity contribution is -0.135. The molecule has 0 radical (unpaired) electrons. The van der Waals surface area contributed by atoms with Crippen molar-refractivity contribution in [2.24, 2.45) is 44.8 Å². The molecule has 0 aromatic heterocycles. The minimum Gasteiger partial charge on any atom is -0.399 e. The molecule has 7 unspecified atom stereocenters. The van der Waals surface area contributed by atoms with Gasteiger partial charge in [-0.2, -0.15) is 0 Å². The summed E-state index contributed by atoms with van der Waals surface area (Å²) in [5.41, 5.74) is 1.77. The van der Waals surface area contributed by atoms with Crippen LogP contribution in [0.5, 0.6) is 0 Å². The van der Waals surface area contributed by atoms with Gasteiger partial charge in [0, 0.05) is 17.9 Å². The molecule has 6 nitrogen and oxygen atoms in total. The van der Waals surface area contributed by atoms with Crippen molar-refractivity contribution >= 4 is 17.2 Å². The highest BCUT2D eigenvalue weighted by molar-refractivity contribution is 5.96. The summed E-state index contributed by atoms with van der Waals surface area (Å²) < 4.78 is 14.6. The summed E-state index contributed by atoms with van der Waals surface area (Å²) in [5, 5.41) is 9.08. The number of ketones is 1. The van der Waals surface area contributed by atoms with Gasteiger partial charge in [0.2, 0.25) is 0 Å². The van der Waals surface area contributed by atoms with E-state index in [0.29, 0.717) is 24.9 Å². The van der Waals surface area contributed by atoms with Crippen molar-refractivity contribution in [1.29, 1.82) is 0 Å². The Kier molecular flexibility index (Phi) is 6.77. The van der Waals surface area contributed by atoms with E-state index >= 15 is 0 Å². The lowest BCUT2D eigenvalue weighted by Gasteiger charge is -2.59. The number of carbonyl (C=O) groups excluding carboxylic acids is 1. The second-order valence-corrected chi connectivity index (χ2v) is 12.0. The number of hydrogen-bond acceptors (Lipinski definition) is 6. The predicted octanol–water partition coefficient (Wildman–Crippen LogP) is 5.02. The second-order valence-electron chi connectivity index (χ2n) is 12.0. The molecular weight excluding hydrogens is 433 g/mol. The molecule has 0 N–H and O–H groups in total. The van der Waals surface area contributed by atoms with Crippen molar-refractivity contribution in [1.82, 2.24) is 4.90 Å². The summed E-state index contributed by atoms with van der Waals surface area (Å²) in [6.07, 6.45) is 8.47. The Morgan fingerprint density at radius 2 is 1.88 bits per heavy atom. The first-order valence-electron chi connectivity index (χ1n) is 13.5. The van der Waals surface area contributed by atoms with Gasteiger partial charge in [0.15, 0.2) is 12.0 Å². The van der Waals surface area contributed by atoms with Gasteiger partial charge in [-0.25, -0.2) is 4.39 Å². The van der Waals surface area contributed by atoms with Gasteiger partial charge in [-0.15, -0.1) is 0 Å². The molecule has 1 aliphatic heterocycles. The van der Waals surface area contributed by atoms with Crippen LogP contribution in [0.15, 0.2) is 10.3 Å². The van der Waals surface area contributed by atoms with Crippen molar-refractivity contribution in [3.63, 3.8) is 0 Å². The monoisotopic (exact) mass is 475 g/mol. The maximum atomic E-state index is 14.6. The lowest BCUT2D eigenvalue weighted by atomic mass is 9.45. The van der Waals surface area contributed by atoms with E-state index in [1.165, 1.54) is 32.4 Å². The smallest absolute Gasteiger partial charge is 0.173 e. The molecule has 1 saturated heterocycles. The molecule has 5 rings (SSSR count). The van der Waals surface area contributed by atoms with Crippen molar-refractivity contribution in [2.45, 2.75) is 84.2 Å². The molecule has 0 aromatic carbocycles. The van der Waals surface area contributed by atoms with Gasteiger partial charge in [-0.05, 0) is 94.0 Å². The lowest BCUT2D eigenvalue weighted by Crippen LogP contribution is -2.56. The third-order valence-electron chi connectivity index (χ3n) is 10.4. The molecule has 7 atom stereocenters. The largest absolute Gasteiger partial charge is 0.399 e. The van der Waals surface area contributed by atoms with Crippen molar-refractivity contribution in [3.8, 4) is 0 Å². The summed E-state index contributed by atoms with van der Waals surface area (Å²) >= 11 is 0. The fraction of sp³-hybridized carbons (Fsp3) is 0.889. The zero-order valence-electron chi connectivity index (χ0n) is 21.2. The summed E-state index contributed by atoms with van der Waals surface area (Å²) in [6, 6.07) is 0. The molecule has 0 spiro atoms. The zero-order valence-corrected chi connectivity index (χ0v) is 21.2. The van der Waals surface area contributed by atoms with Crippen LogP contribution in [0.25, 0.3) is 0 Å². The zero-order chi connectivity index (χ0) is 23.9. The third-order valence-corrected chi connectivity index (χ3v) is 10.4. The number of nitrogens with zero attached hydrogens (tertiary/aromatic N) is 3. The van der Waals surface area contributed by atoms with Crippen molar-refractivity contribution in [3.05, 3.63) is 0 Å². The Labute approximate surface area is 203 Å². The molecule has 7 heteroatoms. The summed E-state index contributed by atoms with van der Waals surface area (Å²) in [7, 11) is 1.61. The average molecular weight is 476 g/mol. The van der Waals surface area contributed by atoms with Crippen LogP contribution in [-0.2, 0) is 14.5 Å². The van der Waals surface area contributed by atoms with Crippen LogP contribution in [0.1, 0.15) is 78.1 Å². The van der Waals surface area contributed by atoms with E-state index < -0.39 is 11.6 Å². The van der Waals surface area contributed by atoms with E-state index in [0.717, 1.165) is 56.5 Å². The topological polar surface area (TPSA) is 63.5 Å². The number of halogens is 1. The highest BCUT2D eigenvalue weighted by atomic mass is 19.1. The normalized spacial score (nSPS) is 45.1. The summed E-state index contributed by atoms with van der Waals surface area (Å²) in [5.74, 6) is 1.02. The van der Waals surface area contributed by atoms with E-state index in [-0.39, 0.29) is 23.0 Å². The van der Waals surface area contributed by atoms with E-state index in [1.54, 1.807) is 7.11 Å². The number of hydrogen-bond donors (Lipinski definition) is 0. The molecule has 4 saturated carbocycles. The molecule has 0 aromatic rings. The van der Waals surface area contributed by atoms with E-state index in [4.69, 9.17) is 9.68 Å². The standard InChI is InChI=1S/C27H42FN3O3/c1-26-9-7-18(29-34-14-13-31-11-5-4-6-12-31)15-22(26)24(30-33-3)16-19-20(26)8-10-27(2)21(19)17-23(28)25(27)32/h19-23H,4-17H2,1-3H3/b29-18-,30-24+. The number of oxime groups is 2. The summed E-state index contributed by atoms with van der Waals surface area (Å²) in [6.45, 7) is 8.37. The minimum absolute atomic E-state index is 0.0753. The molecular formula is C27H42FN3O3. The van der Waals surface area contributed by atoms with Crippen molar-refractivity contribution < 1.29 is 18.9 Å². The van der Waals surface area contributed by atoms with Gasteiger partial charge in [0.25, 0.3) is 0 Å².